The number of ether oxygens (including phenoxy) is 1. The zero-order chi connectivity index (χ0) is 16.7. The minimum atomic E-state index is -0.394. The first-order valence-electron chi connectivity index (χ1n) is 7.33. The topological polar surface area (TPSA) is 55.4 Å². The molecule has 2 rings (SSSR count). The van der Waals surface area contributed by atoms with Gasteiger partial charge in [-0.2, -0.15) is 0 Å². The highest BCUT2D eigenvalue weighted by atomic mass is 32.2. The molecule has 0 aliphatic rings. The molecular formula is C18H19NO3S. The second kappa shape index (κ2) is 8.39. The fourth-order valence-corrected chi connectivity index (χ4v) is 2.59. The van der Waals surface area contributed by atoms with Gasteiger partial charge in [-0.05, 0) is 44.2 Å². The molecule has 0 aliphatic heterocycles. The zero-order valence-corrected chi connectivity index (χ0v) is 13.9. The number of hydrogen-bond donors (Lipinski definition) is 1. The van der Waals surface area contributed by atoms with Crippen LogP contribution in [0.25, 0.3) is 0 Å². The summed E-state index contributed by atoms with van der Waals surface area (Å²) in [6.45, 7) is 3.59. The lowest BCUT2D eigenvalue weighted by atomic mass is 10.2. The number of thioether (sulfide) groups is 1. The lowest BCUT2D eigenvalue weighted by Gasteiger charge is -2.09. The van der Waals surface area contributed by atoms with Gasteiger partial charge < -0.3 is 10.1 Å². The SMILES string of the molecule is CC(C)OC(=O)c1cccc(NC(=O)CSc2ccccc2)c1. The van der Waals surface area contributed by atoms with E-state index in [1.165, 1.54) is 11.8 Å². The van der Waals surface area contributed by atoms with Crippen LogP contribution in [0.5, 0.6) is 0 Å². The Kier molecular flexibility index (Phi) is 6.23. The molecule has 0 saturated heterocycles. The van der Waals surface area contributed by atoms with Crippen LogP contribution in [-0.2, 0) is 9.53 Å². The number of esters is 1. The minimum absolute atomic E-state index is 0.117. The van der Waals surface area contributed by atoms with Crippen LogP contribution in [0.15, 0.2) is 59.5 Å². The molecule has 2 aromatic rings. The maximum absolute atomic E-state index is 12.0. The van der Waals surface area contributed by atoms with Crippen LogP contribution in [0.3, 0.4) is 0 Å². The summed E-state index contributed by atoms with van der Waals surface area (Å²) < 4.78 is 5.15. The average molecular weight is 329 g/mol. The maximum atomic E-state index is 12.0. The van der Waals surface area contributed by atoms with Gasteiger partial charge in [-0.1, -0.05) is 24.3 Å². The summed E-state index contributed by atoms with van der Waals surface area (Å²) in [7, 11) is 0. The predicted molar refractivity (Wildman–Crippen MR) is 92.8 cm³/mol. The summed E-state index contributed by atoms with van der Waals surface area (Å²) in [4.78, 5) is 24.9. The standard InChI is InChI=1S/C18H19NO3S/c1-13(2)22-18(21)14-7-6-8-15(11-14)19-17(20)12-23-16-9-4-3-5-10-16/h3-11,13H,12H2,1-2H3,(H,19,20). The Balaban J connectivity index is 1.92. The Bertz CT molecular complexity index is 671. The number of benzene rings is 2. The van der Waals surface area contributed by atoms with E-state index in [1.54, 1.807) is 38.1 Å². The Morgan fingerprint density at radius 2 is 1.83 bits per heavy atom. The van der Waals surface area contributed by atoms with Gasteiger partial charge in [0.25, 0.3) is 0 Å². The van der Waals surface area contributed by atoms with Crippen molar-refractivity contribution in [2.75, 3.05) is 11.1 Å². The molecule has 0 saturated carbocycles. The van der Waals surface area contributed by atoms with Crippen LogP contribution < -0.4 is 5.32 Å². The molecule has 0 aliphatic carbocycles. The molecule has 0 atom stereocenters. The first kappa shape index (κ1) is 17.1. The third-order valence-electron chi connectivity index (χ3n) is 2.84. The Morgan fingerprint density at radius 1 is 1.09 bits per heavy atom. The van der Waals surface area contributed by atoms with Gasteiger partial charge in [-0.15, -0.1) is 11.8 Å². The highest BCUT2D eigenvalue weighted by molar-refractivity contribution is 8.00. The lowest BCUT2D eigenvalue weighted by molar-refractivity contribution is -0.113. The van der Waals surface area contributed by atoms with E-state index in [0.29, 0.717) is 17.0 Å². The van der Waals surface area contributed by atoms with Crippen molar-refractivity contribution in [3.05, 3.63) is 60.2 Å². The van der Waals surface area contributed by atoms with Gasteiger partial charge in [0.05, 0.1) is 17.4 Å². The Hall–Kier alpha value is -2.27. The van der Waals surface area contributed by atoms with Gasteiger partial charge in [0.15, 0.2) is 0 Å². The fraction of sp³-hybridized carbons (Fsp3) is 0.222. The third-order valence-corrected chi connectivity index (χ3v) is 3.85. The largest absolute Gasteiger partial charge is 0.459 e. The second-order valence-electron chi connectivity index (χ2n) is 5.18. The van der Waals surface area contributed by atoms with Gasteiger partial charge in [0.2, 0.25) is 5.91 Å². The highest BCUT2D eigenvalue weighted by Gasteiger charge is 2.10. The molecule has 0 unspecified atom stereocenters. The number of carbonyl (C=O) groups is 2. The van der Waals surface area contributed by atoms with Crippen molar-refractivity contribution >= 4 is 29.3 Å². The van der Waals surface area contributed by atoms with E-state index in [-0.39, 0.29) is 12.0 Å². The smallest absolute Gasteiger partial charge is 0.338 e. The van der Waals surface area contributed by atoms with E-state index < -0.39 is 5.97 Å². The monoisotopic (exact) mass is 329 g/mol. The van der Waals surface area contributed by atoms with Gasteiger partial charge in [0.1, 0.15) is 0 Å². The van der Waals surface area contributed by atoms with Crippen molar-refractivity contribution in [2.45, 2.75) is 24.8 Å². The number of nitrogens with one attached hydrogen (secondary N) is 1. The molecule has 0 fully saturated rings. The number of hydrogen-bond acceptors (Lipinski definition) is 4. The molecular weight excluding hydrogens is 310 g/mol. The third kappa shape index (κ3) is 5.79. The van der Waals surface area contributed by atoms with Gasteiger partial charge in [0, 0.05) is 10.6 Å². The normalized spacial score (nSPS) is 10.4. The van der Waals surface area contributed by atoms with Crippen LogP contribution >= 0.6 is 11.8 Å². The van der Waals surface area contributed by atoms with Gasteiger partial charge in [-0.3, -0.25) is 4.79 Å². The van der Waals surface area contributed by atoms with Crippen LogP contribution in [0, 0.1) is 0 Å². The Morgan fingerprint density at radius 3 is 2.52 bits per heavy atom. The summed E-state index contributed by atoms with van der Waals surface area (Å²) in [5.74, 6) is -0.201. The Labute approximate surface area is 140 Å². The van der Waals surface area contributed by atoms with E-state index in [1.807, 2.05) is 30.3 Å². The van der Waals surface area contributed by atoms with Crippen molar-refractivity contribution in [1.29, 1.82) is 0 Å². The summed E-state index contributed by atoms with van der Waals surface area (Å²) >= 11 is 1.46. The van der Waals surface area contributed by atoms with E-state index >= 15 is 0 Å². The number of carbonyl (C=O) groups excluding carboxylic acids is 2. The first-order valence-corrected chi connectivity index (χ1v) is 8.32. The fourth-order valence-electron chi connectivity index (χ4n) is 1.87. The summed E-state index contributed by atoms with van der Waals surface area (Å²) in [6.07, 6.45) is -0.178. The van der Waals surface area contributed by atoms with E-state index in [9.17, 15) is 9.59 Å². The van der Waals surface area contributed by atoms with Crippen molar-refractivity contribution in [2.24, 2.45) is 0 Å². The van der Waals surface area contributed by atoms with Gasteiger partial charge >= 0.3 is 5.97 Å². The molecule has 1 amide bonds. The van der Waals surface area contributed by atoms with Crippen LogP contribution in [0.1, 0.15) is 24.2 Å². The molecule has 0 heterocycles. The predicted octanol–water partition coefficient (Wildman–Crippen LogP) is 3.98. The average Bonchev–Trinajstić information content (AvgIpc) is 2.53. The molecule has 23 heavy (non-hydrogen) atoms. The van der Waals surface area contributed by atoms with E-state index in [4.69, 9.17) is 4.74 Å². The molecule has 0 radical (unpaired) electrons. The quantitative estimate of drug-likeness (QED) is 0.643. The first-order chi connectivity index (χ1) is 11.0. The number of rotatable bonds is 6. The minimum Gasteiger partial charge on any atom is -0.459 e. The van der Waals surface area contributed by atoms with Crippen molar-refractivity contribution in [1.82, 2.24) is 0 Å². The summed E-state index contributed by atoms with van der Waals surface area (Å²) in [5, 5.41) is 2.79. The molecule has 2 aromatic carbocycles. The molecule has 0 aromatic heterocycles. The van der Waals surface area contributed by atoms with Crippen LogP contribution in [0.2, 0.25) is 0 Å². The van der Waals surface area contributed by atoms with Gasteiger partial charge in [-0.25, -0.2) is 4.79 Å². The van der Waals surface area contributed by atoms with Crippen LogP contribution in [-0.4, -0.2) is 23.7 Å². The highest BCUT2D eigenvalue weighted by Crippen LogP contribution is 2.18. The van der Waals surface area contributed by atoms with E-state index in [2.05, 4.69) is 5.32 Å². The molecule has 120 valence electrons. The van der Waals surface area contributed by atoms with Crippen molar-refractivity contribution < 1.29 is 14.3 Å². The number of amides is 1. The number of anilines is 1. The van der Waals surface area contributed by atoms with Crippen LogP contribution in [0.4, 0.5) is 5.69 Å². The van der Waals surface area contributed by atoms with Crippen molar-refractivity contribution in [3.63, 3.8) is 0 Å². The molecule has 0 bridgehead atoms. The second-order valence-corrected chi connectivity index (χ2v) is 6.23. The maximum Gasteiger partial charge on any atom is 0.338 e. The lowest BCUT2D eigenvalue weighted by Crippen LogP contribution is -2.15. The zero-order valence-electron chi connectivity index (χ0n) is 13.1. The molecule has 0 spiro atoms. The summed E-state index contributed by atoms with van der Waals surface area (Å²) in [6, 6.07) is 16.5. The molecule has 1 N–H and O–H groups in total. The van der Waals surface area contributed by atoms with E-state index in [0.717, 1.165) is 4.90 Å². The molecule has 5 heteroatoms. The van der Waals surface area contributed by atoms with Crippen molar-refractivity contribution in [3.8, 4) is 0 Å². The summed E-state index contributed by atoms with van der Waals surface area (Å²) in [5.41, 5.74) is 1.01. The molecule has 4 nitrogen and oxygen atoms in total.